The Balaban J connectivity index is 2.41. The van der Waals surface area contributed by atoms with E-state index in [9.17, 15) is 10.1 Å². The van der Waals surface area contributed by atoms with Gasteiger partial charge in [-0.25, -0.2) is 9.97 Å². The monoisotopic (exact) mass is 283 g/mol. The molecule has 0 bridgehead atoms. The molecule has 8 heteroatoms. The standard InChI is InChI=1S/C11H17N5O2S/c1-11(2)6-15(4-5-19-11)10-8(16(17)18)9(12-3)13-7-14-10/h7H,4-6H2,1-3H3,(H,12,13,14). The number of nitro groups is 1. The van der Waals surface area contributed by atoms with Gasteiger partial charge in [0.25, 0.3) is 0 Å². The lowest BCUT2D eigenvalue weighted by molar-refractivity contribution is -0.383. The van der Waals surface area contributed by atoms with Gasteiger partial charge in [0.05, 0.1) is 4.92 Å². The number of thioether (sulfide) groups is 1. The zero-order valence-corrected chi connectivity index (χ0v) is 12.0. The zero-order valence-electron chi connectivity index (χ0n) is 11.2. The molecule has 1 N–H and O–H groups in total. The Hall–Kier alpha value is -1.57. The van der Waals surface area contributed by atoms with Crippen molar-refractivity contribution in [2.24, 2.45) is 0 Å². The van der Waals surface area contributed by atoms with E-state index < -0.39 is 4.92 Å². The van der Waals surface area contributed by atoms with Crippen LogP contribution in [0.3, 0.4) is 0 Å². The van der Waals surface area contributed by atoms with Crippen LogP contribution in [0.4, 0.5) is 17.3 Å². The van der Waals surface area contributed by atoms with Gasteiger partial charge < -0.3 is 10.2 Å². The third-order valence-electron chi connectivity index (χ3n) is 2.95. The van der Waals surface area contributed by atoms with Gasteiger partial charge in [-0.1, -0.05) is 0 Å². The average molecular weight is 283 g/mol. The van der Waals surface area contributed by atoms with Gasteiger partial charge in [-0.15, -0.1) is 0 Å². The smallest absolute Gasteiger partial charge is 0.353 e. The molecule has 0 radical (unpaired) electrons. The van der Waals surface area contributed by atoms with Crippen LogP contribution in [-0.4, -0.2) is 45.5 Å². The summed E-state index contributed by atoms with van der Waals surface area (Å²) < 4.78 is 0.0663. The lowest BCUT2D eigenvalue weighted by Gasteiger charge is -2.37. The van der Waals surface area contributed by atoms with Crippen molar-refractivity contribution in [1.29, 1.82) is 0 Å². The molecule has 7 nitrogen and oxygen atoms in total. The Kier molecular flexibility index (Phi) is 3.79. The molecule has 1 saturated heterocycles. The lowest BCUT2D eigenvalue weighted by Crippen LogP contribution is -2.43. The maximum absolute atomic E-state index is 11.3. The van der Waals surface area contributed by atoms with Crippen LogP contribution in [0.25, 0.3) is 0 Å². The summed E-state index contributed by atoms with van der Waals surface area (Å²) in [5.41, 5.74) is -0.0484. The van der Waals surface area contributed by atoms with Crippen LogP contribution >= 0.6 is 11.8 Å². The van der Waals surface area contributed by atoms with Crippen LogP contribution in [0.2, 0.25) is 0 Å². The van der Waals surface area contributed by atoms with Gasteiger partial charge in [-0.05, 0) is 13.8 Å². The minimum atomic E-state index is -0.421. The first kappa shape index (κ1) is 13.9. The quantitative estimate of drug-likeness (QED) is 0.668. The lowest BCUT2D eigenvalue weighted by atomic mass is 10.2. The van der Waals surface area contributed by atoms with Gasteiger partial charge in [0.1, 0.15) is 6.33 Å². The first-order chi connectivity index (χ1) is 8.94. The Morgan fingerprint density at radius 3 is 2.84 bits per heavy atom. The largest absolute Gasteiger partial charge is 0.367 e. The summed E-state index contributed by atoms with van der Waals surface area (Å²) in [6.45, 7) is 5.76. The second-order valence-corrected chi connectivity index (χ2v) is 6.73. The van der Waals surface area contributed by atoms with E-state index in [4.69, 9.17) is 0 Å². The molecule has 2 rings (SSSR count). The fourth-order valence-electron chi connectivity index (χ4n) is 2.15. The van der Waals surface area contributed by atoms with Gasteiger partial charge in [0.2, 0.25) is 11.6 Å². The van der Waals surface area contributed by atoms with Gasteiger partial charge in [-0.3, -0.25) is 10.1 Å². The molecule has 2 heterocycles. The molecule has 104 valence electrons. The van der Waals surface area contributed by atoms with E-state index in [-0.39, 0.29) is 16.3 Å². The van der Waals surface area contributed by atoms with Crippen molar-refractivity contribution >= 4 is 29.1 Å². The highest BCUT2D eigenvalue weighted by Gasteiger charge is 2.33. The number of rotatable bonds is 3. The molecule has 1 aromatic heterocycles. The highest BCUT2D eigenvalue weighted by atomic mass is 32.2. The Bertz CT molecular complexity index is 494. The molecule has 19 heavy (non-hydrogen) atoms. The SMILES string of the molecule is CNc1ncnc(N2CCSC(C)(C)C2)c1[N+](=O)[O-]. The van der Waals surface area contributed by atoms with Gasteiger partial charge in [0, 0.05) is 30.6 Å². The van der Waals surface area contributed by atoms with Crippen LogP contribution in [0.1, 0.15) is 13.8 Å². The van der Waals surface area contributed by atoms with Crippen LogP contribution in [0.5, 0.6) is 0 Å². The predicted octanol–water partition coefficient (Wildman–Crippen LogP) is 1.76. The summed E-state index contributed by atoms with van der Waals surface area (Å²) in [4.78, 5) is 20.8. The average Bonchev–Trinajstić information content (AvgIpc) is 2.36. The number of hydrogen-bond donors (Lipinski definition) is 1. The molecule has 0 amide bonds. The van der Waals surface area contributed by atoms with Crippen molar-refractivity contribution in [3.8, 4) is 0 Å². The first-order valence-electron chi connectivity index (χ1n) is 6.00. The summed E-state index contributed by atoms with van der Waals surface area (Å²) >= 11 is 1.87. The third kappa shape index (κ3) is 2.89. The zero-order chi connectivity index (χ0) is 14.0. The van der Waals surface area contributed by atoms with Gasteiger partial charge in [0.15, 0.2) is 0 Å². The van der Waals surface area contributed by atoms with Crippen LogP contribution in [-0.2, 0) is 0 Å². The molecule has 0 aromatic carbocycles. The second-order valence-electron chi connectivity index (χ2n) is 4.93. The highest BCUT2D eigenvalue weighted by Crippen LogP contribution is 2.37. The normalized spacial score (nSPS) is 18.2. The number of aromatic nitrogens is 2. The van der Waals surface area contributed by atoms with E-state index >= 15 is 0 Å². The van der Waals surface area contributed by atoms with E-state index in [1.165, 1.54) is 6.33 Å². The molecule has 0 atom stereocenters. The fourth-order valence-corrected chi connectivity index (χ4v) is 3.26. The van der Waals surface area contributed by atoms with Crippen LogP contribution in [0.15, 0.2) is 6.33 Å². The van der Waals surface area contributed by atoms with Crippen molar-refractivity contribution in [1.82, 2.24) is 9.97 Å². The number of anilines is 2. The number of hydrogen-bond acceptors (Lipinski definition) is 7. The molecule has 0 unspecified atom stereocenters. The Morgan fingerprint density at radius 2 is 2.26 bits per heavy atom. The summed E-state index contributed by atoms with van der Waals surface area (Å²) in [7, 11) is 1.62. The maximum Gasteiger partial charge on any atom is 0.353 e. The van der Waals surface area contributed by atoms with Crippen LogP contribution in [0, 0.1) is 10.1 Å². The summed E-state index contributed by atoms with van der Waals surface area (Å²) in [6, 6.07) is 0. The summed E-state index contributed by atoms with van der Waals surface area (Å²) in [5.74, 6) is 1.59. The maximum atomic E-state index is 11.3. The van der Waals surface area contributed by atoms with E-state index in [1.54, 1.807) is 7.05 Å². The molecule has 0 saturated carbocycles. The van der Waals surface area contributed by atoms with Crippen molar-refractivity contribution in [2.75, 3.05) is 36.1 Å². The Morgan fingerprint density at radius 1 is 1.53 bits per heavy atom. The van der Waals surface area contributed by atoms with Crippen molar-refractivity contribution in [3.63, 3.8) is 0 Å². The number of nitrogens with one attached hydrogen (secondary N) is 1. The summed E-state index contributed by atoms with van der Waals surface area (Å²) in [6.07, 6.45) is 1.36. The van der Waals surface area contributed by atoms with Crippen molar-refractivity contribution in [2.45, 2.75) is 18.6 Å². The molecular formula is C11H17N5O2S. The minimum Gasteiger partial charge on any atom is -0.367 e. The first-order valence-corrected chi connectivity index (χ1v) is 6.99. The van der Waals surface area contributed by atoms with E-state index in [0.717, 1.165) is 18.8 Å². The van der Waals surface area contributed by atoms with E-state index in [1.807, 2.05) is 16.7 Å². The molecule has 0 aliphatic carbocycles. The molecule has 1 aliphatic heterocycles. The van der Waals surface area contributed by atoms with E-state index in [2.05, 4.69) is 29.1 Å². The van der Waals surface area contributed by atoms with E-state index in [0.29, 0.717) is 5.82 Å². The molecular weight excluding hydrogens is 266 g/mol. The highest BCUT2D eigenvalue weighted by molar-refractivity contribution is 8.00. The topological polar surface area (TPSA) is 84.2 Å². The molecule has 1 aliphatic rings. The Labute approximate surface area is 116 Å². The van der Waals surface area contributed by atoms with Gasteiger partial charge in [-0.2, -0.15) is 11.8 Å². The molecule has 1 aromatic rings. The molecule has 0 spiro atoms. The van der Waals surface area contributed by atoms with Gasteiger partial charge >= 0.3 is 5.69 Å². The summed E-state index contributed by atoms with van der Waals surface area (Å²) in [5, 5.41) is 14.0. The minimum absolute atomic E-state index is 0.0484. The van der Waals surface area contributed by atoms with Crippen molar-refractivity contribution < 1.29 is 4.92 Å². The predicted molar refractivity (Wildman–Crippen MR) is 77.0 cm³/mol. The third-order valence-corrected chi connectivity index (χ3v) is 4.24. The molecule has 1 fully saturated rings. The fraction of sp³-hybridized carbons (Fsp3) is 0.636. The number of nitrogens with zero attached hydrogens (tertiary/aromatic N) is 4. The van der Waals surface area contributed by atoms with Crippen LogP contribution < -0.4 is 10.2 Å². The van der Waals surface area contributed by atoms with Crippen molar-refractivity contribution in [3.05, 3.63) is 16.4 Å². The second kappa shape index (κ2) is 5.20.